The molecule has 96 valence electrons. The minimum atomic E-state index is 0.724. The average molecular weight is 263 g/mol. The number of rotatable bonds is 6. The highest BCUT2D eigenvalue weighted by molar-refractivity contribution is 6.17. The third kappa shape index (κ3) is 3.44. The van der Waals surface area contributed by atoms with Gasteiger partial charge in [0.2, 0.25) is 0 Å². The third-order valence-electron chi connectivity index (χ3n) is 3.10. The quantitative estimate of drug-likeness (QED) is 0.738. The van der Waals surface area contributed by atoms with Crippen LogP contribution in [0.5, 0.6) is 0 Å². The van der Waals surface area contributed by atoms with Gasteiger partial charge in [0.15, 0.2) is 0 Å². The van der Waals surface area contributed by atoms with Gasteiger partial charge >= 0.3 is 0 Å². The second kappa shape index (κ2) is 6.72. The molecular formula is C15H19ClN2. The number of hydrogen-bond donors (Lipinski definition) is 0. The zero-order valence-electron chi connectivity index (χ0n) is 10.8. The van der Waals surface area contributed by atoms with Gasteiger partial charge in [0.05, 0.1) is 11.2 Å². The molecule has 0 amide bonds. The van der Waals surface area contributed by atoms with E-state index >= 15 is 0 Å². The van der Waals surface area contributed by atoms with Crippen LogP contribution in [-0.2, 0) is 6.54 Å². The lowest BCUT2D eigenvalue weighted by Crippen LogP contribution is -2.24. The number of fused-ring (bicyclic) bond motifs is 1. The summed E-state index contributed by atoms with van der Waals surface area (Å²) in [5.41, 5.74) is 2.20. The largest absolute Gasteiger partial charge is 0.298 e. The van der Waals surface area contributed by atoms with Crippen LogP contribution >= 0.6 is 11.6 Å². The van der Waals surface area contributed by atoms with Gasteiger partial charge in [-0.2, -0.15) is 0 Å². The molecule has 1 aromatic heterocycles. The van der Waals surface area contributed by atoms with E-state index in [1.54, 1.807) is 0 Å². The van der Waals surface area contributed by atoms with Crippen LogP contribution in [0.3, 0.4) is 0 Å². The maximum absolute atomic E-state index is 5.74. The molecule has 2 nitrogen and oxygen atoms in total. The first-order chi connectivity index (χ1) is 8.83. The number of alkyl halides is 1. The molecular weight excluding hydrogens is 244 g/mol. The van der Waals surface area contributed by atoms with Crippen molar-refractivity contribution in [3.05, 3.63) is 42.1 Å². The Morgan fingerprint density at radius 3 is 2.78 bits per heavy atom. The lowest BCUT2D eigenvalue weighted by Gasteiger charge is -2.19. The predicted octanol–water partition coefficient (Wildman–Crippen LogP) is 3.69. The van der Waals surface area contributed by atoms with Gasteiger partial charge < -0.3 is 0 Å². The molecule has 2 aromatic rings. The van der Waals surface area contributed by atoms with Crippen LogP contribution < -0.4 is 0 Å². The average Bonchev–Trinajstić information content (AvgIpc) is 2.43. The fraction of sp³-hybridized carbons (Fsp3) is 0.400. The van der Waals surface area contributed by atoms with Gasteiger partial charge in [-0.15, -0.1) is 11.6 Å². The first-order valence-electron chi connectivity index (χ1n) is 6.46. The summed E-state index contributed by atoms with van der Waals surface area (Å²) >= 11 is 5.74. The second-order valence-electron chi connectivity index (χ2n) is 4.41. The highest BCUT2D eigenvalue weighted by Crippen LogP contribution is 2.13. The monoisotopic (exact) mass is 262 g/mol. The first-order valence-corrected chi connectivity index (χ1v) is 7.00. The Hall–Kier alpha value is -1.12. The van der Waals surface area contributed by atoms with Crippen molar-refractivity contribution in [2.75, 3.05) is 19.0 Å². The molecule has 0 fully saturated rings. The molecule has 0 N–H and O–H groups in total. The molecule has 0 unspecified atom stereocenters. The molecule has 0 atom stereocenters. The number of hydrogen-bond acceptors (Lipinski definition) is 2. The fourth-order valence-electron chi connectivity index (χ4n) is 2.06. The summed E-state index contributed by atoms with van der Waals surface area (Å²) in [4.78, 5) is 7.07. The van der Waals surface area contributed by atoms with Crippen LogP contribution in [-0.4, -0.2) is 28.9 Å². The van der Waals surface area contributed by atoms with Crippen molar-refractivity contribution in [1.29, 1.82) is 0 Å². The smallest absolute Gasteiger partial charge is 0.0705 e. The van der Waals surface area contributed by atoms with Gasteiger partial charge in [-0.3, -0.25) is 9.88 Å². The molecule has 3 heteroatoms. The molecule has 0 radical (unpaired) electrons. The Bertz CT molecular complexity index is 499. The van der Waals surface area contributed by atoms with Crippen LogP contribution in [0, 0.1) is 0 Å². The SMILES string of the molecule is CCN(CCCCl)Cc1ccc2ccccc2n1. The van der Waals surface area contributed by atoms with Crippen LogP contribution in [0.2, 0.25) is 0 Å². The van der Waals surface area contributed by atoms with E-state index in [1.165, 1.54) is 5.39 Å². The van der Waals surface area contributed by atoms with Crippen molar-refractivity contribution in [2.24, 2.45) is 0 Å². The highest BCUT2D eigenvalue weighted by Gasteiger charge is 2.05. The molecule has 0 saturated carbocycles. The van der Waals surface area contributed by atoms with Crippen molar-refractivity contribution in [2.45, 2.75) is 19.9 Å². The van der Waals surface area contributed by atoms with E-state index in [0.29, 0.717) is 0 Å². The topological polar surface area (TPSA) is 16.1 Å². The summed E-state index contributed by atoms with van der Waals surface area (Å²) in [6.07, 6.45) is 1.03. The number of benzene rings is 1. The summed E-state index contributed by atoms with van der Waals surface area (Å²) in [5, 5.41) is 1.20. The minimum absolute atomic E-state index is 0.724. The van der Waals surface area contributed by atoms with Crippen molar-refractivity contribution in [3.63, 3.8) is 0 Å². The van der Waals surface area contributed by atoms with Crippen molar-refractivity contribution >= 4 is 22.5 Å². The van der Waals surface area contributed by atoms with Gasteiger partial charge in [-0.05, 0) is 31.6 Å². The number of halogens is 1. The number of para-hydroxylation sites is 1. The highest BCUT2D eigenvalue weighted by atomic mass is 35.5. The summed E-state index contributed by atoms with van der Waals surface area (Å²) in [7, 11) is 0. The van der Waals surface area contributed by atoms with Gasteiger partial charge in [0.1, 0.15) is 0 Å². The van der Waals surface area contributed by atoms with Crippen LogP contribution in [0.1, 0.15) is 19.0 Å². The van der Waals surface area contributed by atoms with E-state index in [9.17, 15) is 0 Å². The summed E-state index contributed by atoms with van der Waals surface area (Å²) in [6.45, 7) is 5.15. The van der Waals surface area contributed by atoms with E-state index in [-0.39, 0.29) is 0 Å². The van der Waals surface area contributed by atoms with Crippen molar-refractivity contribution in [1.82, 2.24) is 9.88 Å². The van der Waals surface area contributed by atoms with E-state index in [0.717, 1.165) is 43.1 Å². The Balaban J connectivity index is 2.10. The molecule has 0 bridgehead atoms. The Morgan fingerprint density at radius 2 is 2.00 bits per heavy atom. The van der Waals surface area contributed by atoms with Gasteiger partial charge in [0.25, 0.3) is 0 Å². The van der Waals surface area contributed by atoms with Crippen molar-refractivity contribution < 1.29 is 0 Å². The van der Waals surface area contributed by atoms with Gasteiger partial charge in [-0.1, -0.05) is 31.2 Å². The van der Waals surface area contributed by atoms with E-state index < -0.39 is 0 Å². The first kappa shape index (κ1) is 13.3. The Kier molecular flexibility index (Phi) is 4.97. The molecule has 0 aliphatic rings. The molecule has 0 saturated heterocycles. The van der Waals surface area contributed by atoms with E-state index in [1.807, 2.05) is 12.1 Å². The molecule has 1 heterocycles. The Morgan fingerprint density at radius 1 is 1.17 bits per heavy atom. The maximum Gasteiger partial charge on any atom is 0.0705 e. The van der Waals surface area contributed by atoms with Crippen LogP contribution in [0.15, 0.2) is 36.4 Å². The predicted molar refractivity (Wildman–Crippen MR) is 78.0 cm³/mol. The van der Waals surface area contributed by atoms with Gasteiger partial charge in [-0.25, -0.2) is 0 Å². The summed E-state index contributed by atoms with van der Waals surface area (Å²) in [6, 6.07) is 12.5. The summed E-state index contributed by atoms with van der Waals surface area (Å²) < 4.78 is 0. The zero-order valence-corrected chi connectivity index (χ0v) is 11.5. The minimum Gasteiger partial charge on any atom is -0.298 e. The Labute approximate surface area is 114 Å². The zero-order chi connectivity index (χ0) is 12.8. The number of nitrogens with zero attached hydrogens (tertiary/aromatic N) is 2. The van der Waals surface area contributed by atoms with Crippen LogP contribution in [0.4, 0.5) is 0 Å². The second-order valence-corrected chi connectivity index (χ2v) is 4.78. The van der Waals surface area contributed by atoms with Gasteiger partial charge in [0, 0.05) is 17.8 Å². The molecule has 0 aliphatic heterocycles. The third-order valence-corrected chi connectivity index (χ3v) is 3.36. The molecule has 0 aliphatic carbocycles. The maximum atomic E-state index is 5.74. The van der Waals surface area contributed by atoms with E-state index in [4.69, 9.17) is 16.6 Å². The standard InChI is InChI=1S/C15H19ClN2/c1-2-18(11-5-10-16)12-14-9-8-13-6-3-4-7-15(13)17-14/h3-4,6-9H,2,5,10-12H2,1H3. The van der Waals surface area contributed by atoms with E-state index in [2.05, 4.69) is 36.1 Å². The molecule has 0 spiro atoms. The van der Waals surface area contributed by atoms with Crippen LogP contribution in [0.25, 0.3) is 10.9 Å². The normalized spacial score (nSPS) is 11.3. The molecule has 18 heavy (non-hydrogen) atoms. The van der Waals surface area contributed by atoms with Crippen molar-refractivity contribution in [3.8, 4) is 0 Å². The lowest BCUT2D eigenvalue weighted by molar-refractivity contribution is 0.278. The molecule has 1 aromatic carbocycles. The number of pyridine rings is 1. The fourth-order valence-corrected chi connectivity index (χ4v) is 2.18. The summed E-state index contributed by atoms with van der Waals surface area (Å²) in [5.74, 6) is 0.724. The lowest BCUT2D eigenvalue weighted by atomic mass is 10.2. The molecule has 2 rings (SSSR count). The number of aromatic nitrogens is 1.